The molecule has 0 aromatic heterocycles. The first-order valence-electron chi connectivity index (χ1n) is 11.3. The Labute approximate surface area is 191 Å². The van der Waals surface area contributed by atoms with Gasteiger partial charge in [-0.05, 0) is 91.6 Å². The fourth-order valence-electron chi connectivity index (χ4n) is 6.17. The molecule has 4 saturated carbocycles. The van der Waals surface area contributed by atoms with Crippen LogP contribution in [0.3, 0.4) is 0 Å². The highest BCUT2D eigenvalue weighted by atomic mass is 79.9. The highest BCUT2D eigenvalue weighted by molar-refractivity contribution is 9.10. The van der Waals surface area contributed by atoms with Gasteiger partial charge in [-0.15, -0.1) is 0 Å². The zero-order valence-electron chi connectivity index (χ0n) is 17.9. The number of carbonyl (C=O) groups excluding carboxylic acids is 2. The van der Waals surface area contributed by atoms with Crippen LogP contribution in [0.25, 0.3) is 0 Å². The van der Waals surface area contributed by atoms with Crippen molar-refractivity contribution in [2.24, 2.45) is 23.2 Å². The van der Waals surface area contributed by atoms with Crippen LogP contribution in [0.4, 0.5) is 0 Å². The Morgan fingerprint density at radius 1 is 1.19 bits per heavy atom. The fraction of sp³-hybridized carbons (Fsp3) is 0.625. The Hall–Kier alpha value is -2.07. The number of halogens is 1. The summed E-state index contributed by atoms with van der Waals surface area (Å²) in [6.45, 7) is 2.69. The molecule has 31 heavy (non-hydrogen) atoms. The van der Waals surface area contributed by atoms with Crippen LogP contribution in [0.15, 0.2) is 16.6 Å². The van der Waals surface area contributed by atoms with Crippen molar-refractivity contribution in [1.29, 1.82) is 5.26 Å². The minimum Gasteiger partial charge on any atom is -0.490 e. The predicted octanol–water partition coefficient (Wildman–Crippen LogP) is 4.74. The first-order chi connectivity index (χ1) is 14.9. The van der Waals surface area contributed by atoms with Gasteiger partial charge in [0.1, 0.15) is 0 Å². The highest BCUT2D eigenvalue weighted by Crippen LogP contribution is 2.60. The lowest BCUT2D eigenvalue weighted by atomic mass is 9.49. The number of hydrogen-bond donors (Lipinski definition) is 1. The van der Waals surface area contributed by atoms with Crippen LogP contribution in [0.1, 0.15) is 63.9 Å². The standard InChI is InChI=1S/C24H29BrN2O4/c1-2-30-20-10-18(14-26)9-19(25)22(20)31-21(28)4-3-5-27-23(29)24-11-15-6-16(12-24)8-17(7-15)13-24/h9-10,15-17H,2-8,11-13H2,1H3,(H,27,29). The number of nitriles is 1. The second-order valence-electron chi connectivity index (χ2n) is 9.36. The summed E-state index contributed by atoms with van der Waals surface area (Å²) in [5.41, 5.74) is 0.261. The number of carbonyl (C=O) groups is 2. The summed E-state index contributed by atoms with van der Waals surface area (Å²) in [4.78, 5) is 25.3. The van der Waals surface area contributed by atoms with E-state index in [2.05, 4.69) is 27.3 Å². The average molecular weight is 489 g/mol. The van der Waals surface area contributed by atoms with Crippen LogP contribution < -0.4 is 14.8 Å². The van der Waals surface area contributed by atoms with E-state index in [1.165, 1.54) is 19.3 Å². The molecule has 1 amide bonds. The molecule has 7 heteroatoms. The summed E-state index contributed by atoms with van der Waals surface area (Å²) in [6.07, 6.45) is 7.78. The van der Waals surface area contributed by atoms with Gasteiger partial charge >= 0.3 is 5.97 Å². The van der Waals surface area contributed by atoms with Crippen molar-refractivity contribution >= 4 is 27.8 Å². The van der Waals surface area contributed by atoms with Crippen molar-refractivity contribution < 1.29 is 19.1 Å². The van der Waals surface area contributed by atoms with Crippen molar-refractivity contribution in [1.82, 2.24) is 5.32 Å². The van der Waals surface area contributed by atoms with Crippen LogP contribution in [0.5, 0.6) is 11.5 Å². The first kappa shape index (κ1) is 22.1. The summed E-state index contributed by atoms with van der Waals surface area (Å²) < 4.78 is 11.5. The van der Waals surface area contributed by atoms with E-state index in [9.17, 15) is 9.59 Å². The van der Waals surface area contributed by atoms with Gasteiger partial charge in [0.15, 0.2) is 11.5 Å². The molecule has 0 saturated heterocycles. The van der Waals surface area contributed by atoms with Crippen LogP contribution >= 0.6 is 15.9 Å². The molecule has 4 aliphatic rings. The SMILES string of the molecule is CCOc1cc(C#N)cc(Br)c1OC(=O)CCCNC(=O)C12CC3CC(CC(C3)C1)C2. The van der Waals surface area contributed by atoms with E-state index in [1.54, 1.807) is 12.1 Å². The minimum absolute atomic E-state index is 0.158. The van der Waals surface area contributed by atoms with Gasteiger partial charge in [-0.25, -0.2) is 0 Å². The molecule has 1 aromatic rings. The van der Waals surface area contributed by atoms with Gasteiger partial charge in [-0.2, -0.15) is 5.26 Å². The minimum atomic E-state index is -0.393. The van der Waals surface area contributed by atoms with E-state index in [0.717, 1.165) is 37.0 Å². The third-order valence-electron chi connectivity index (χ3n) is 7.02. The lowest BCUT2D eigenvalue weighted by Crippen LogP contribution is -2.53. The van der Waals surface area contributed by atoms with Gasteiger partial charge in [-0.1, -0.05) is 0 Å². The van der Waals surface area contributed by atoms with E-state index < -0.39 is 5.97 Å². The number of rotatable bonds is 8. The zero-order valence-corrected chi connectivity index (χ0v) is 19.5. The number of nitrogens with one attached hydrogen (secondary N) is 1. The third kappa shape index (κ3) is 4.74. The summed E-state index contributed by atoms with van der Waals surface area (Å²) in [5, 5.41) is 12.2. The van der Waals surface area contributed by atoms with Crippen molar-refractivity contribution in [2.45, 2.75) is 58.3 Å². The van der Waals surface area contributed by atoms with E-state index in [4.69, 9.17) is 14.7 Å². The number of hydrogen-bond acceptors (Lipinski definition) is 5. The Morgan fingerprint density at radius 3 is 2.42 bits per heavy atom. The number of nitrogens with zero attached hydrogens (tertiary/aromatic N) is 1. The molecule has 1 N–H and O–H groups in total. The number of benzene rings is 1. The largest absolute Gasteiger partial charge is 0.490 e. The maximum atomic E-state index is 13.0. The predicted molar refractivity (Wildman–Crippen MR) is 119 cm³/mol. The van der Waals surface area contributed by atoms with Crippen molar-refractivity contribution in [3.8, 4) is 17.6 Å². The Balaban J connectivity index is 1.27. The molecule has 4 bridgehead atoms. The van der Waals surface area contributed by atoms with Crippen molar-refractivity contribution in [3.63, 3.8) is 0 Å². The molecule has 4 fully saturated rings. The smallest absolute Gasteiger partial charge is 0.311 e. The summed E-state index contributed by atoms with van der Waals surface area (Å²) in [5.74, 6) is 2.64. The fourth-order valence-corrected chi connectivity index (χ4v) is 6.69. The van der Waals surface area contributed by atoms with E-state index in [1.807, 2.05) is 6.92 Å². The second kappa shape index (κ2) is 9.20. The molecule has 6 nitrogen and oxygen atoms in total. The van der Waals surface area contributed by atoms with Gasteiger partial charge in [0.05, 0.1) is 22.7 Å². The summed E-state index contributed by atoms with van der Waals surface area (Å²) >= 11 is 3.35. The summed E-state index contributed by atoms with van der Waals surface area (Å²) in [6, 6.07) is 5.21. The highest BCUT2D eigenvalue weighted by Gasteiger charge is 2.54. The van der Waals surface area contributed by atoms with Crippen LogP contribution in [0, 0.1) is 34.5 Å². The molecule has 0 atom stereocenters. The number of amides is 1. The zero-order chi connectivity index (χ0) is 22.0. The second-order valence-corrected chi connectivity index (χ2v) is 10.2. The van der Waals surface area contributed by atoms with E-state index >= 15 is 0 Å². The van der Waals surface area contributed by atoms with Crippen LogP contribution in [-0.4, -0.2) is 25.0 Å². The molecule has 166 valence electrons. The molecule has 0 heterocycles. The number of ether oxygens (including phenoxy) is 2. The van der Waals surface area contributed by atoms with E-state index in [0.29, 0.717) is 35.4 Å². The monoisotopic (exact) mass is 488 g/mol. The van der Waals surface area contributed by atoms with Gasteiger partial charge in [0.2, 0.25) is 5.91 Å². The Bertz CT molecular complexity index is 872. The third-order valence-corrected chi connectivity index (χ3v) is 7.61. The molecule has 1 aromatic carbocycles. The van der Waals surface area contributed by atoms with Crippen LogP contribution in [0.2, 0.25) is 0 Å². The maximum absolute atomic E-state index is 13.0. The van der Waals surface area contributed by atoms with Gasteiger partial charge in [0, 0.05) is 24.4 Å². The maximum Gasteiger partial charge on any atom is 0.311 e. The molecule has 0 unspecified atom stereocenters. The van der Waals surface area contributed by atoms with Crippen molar-refractivity contribution in [3.05, 3.63) is 22.2 Å². The molecule has 0 radical (unpaired) electrons. The first-order valence-corrected chi connectivity index (χ1v) is 12.1. The molecular weight excluding hydrogens is 460 g/mol. The topological polar surface area (TPSA) is 88.4 Å². The molecule has 0 spiro atoms. The molecular formula is C24H29BrN2O4. The lowest BCUT2D eigenvalue weighted by molar-refractivity contribution is -0.146. The van der Waals surface area contributed by atoms with Gasteiger partial charge < -0.3 is 14.8 Å². The Morgan fingerprint density at radius 2 is 1.84 bits per heavy atom. The van der Waals surface area contributed by atoms with Crippen LogP contribution in [-0.2, 0) is 9.59 Å². The van der Waals surface area contributed by atoms with Gasteiger partial charge in [0.25, 0.3) is 0 Å². The molecule has 0 aliphatic heterocycles. The van der Waals surface area contributed by atoms with Crippen molar-refractivity contribution in [2.75, 3.05) is 13.2 Å². The van der Waals surface area contributed by atoms with E-state index in [-0.39, 0.29) is 23.5 Å². The molecule has 5 rings (SSSR count). The average Bonchev–Trinajstić information content (AvgIpc) is 2.72. The summed E-state index contributed by atoms with van der Waals surface area (Å²) in [7, 11) is 0. The normalized spacial score (nSPS) is 28.1. The lowest BCUT2D eigenvalue weighted by Gasteiger charge is -2.55. The number of esters is 1. The molecule has 4 aliphatic carbocycles. The quantitative estimate of drug-likeness (QED) is 0.324. The van der Waals surface area contributed by atoms with Gasteiger partial charge in [-0.3, -0.25) is 9.59 Å². The Kier molecular flexibility index (Phi) is 6.57.